The highest BCUT2D eigenvalue weighted by Gasteiger charge is 2.25. The second-order valence-electron chi connectivity index (χ2n) is 6.54. The van der Waals surface area contributed by atoms with Crippen LogP contribution in [0.1, 0.15) is 29.2 Å². The predicted octanol–water partition coefficient (Wildman–Crippen LogP) is 3.77. The lowest BCUT2D eigenvalue weighted by Gasteiger charge is -2.28. The number of nitrogens with zero attached hydrogens (tertiary/aromatic N) is 1. The van der Waals surface area contributed by atoms with Gasteiger partial charge in [0.1, 0.15) is 6.04 Å². The van der Waals surface area contributed by atoms with Crippen molar-refractivity contribution in [1.29, 1.82) is 0 Å². The first-order chi connectivity index (χ1) is 12.3. The Morgan fingerprint density at radius 2 is 1.81 bits per heavy atom. The Morgan fingerprint density at radius 1 is 1.08 bits per heavy atom. The van der Waals surface area contributed by atoms with Crippen LogP contribution >= 0.6 is 15.9 Å². The van der Waals surface area contributed by atoms with Gasteiger partial charge in [0.25, 0.3) is 0 Å². The molecule has 26 heavy (non-hydrogen) atoms. The first kappa shape index (κ1) is 20.2. The summed E-state index contributed by atoms with van der Waals surface area (Å²) in [5.74, 6) is -0.238. The first-order valence-corrected chi connectivity index (χ1v) is 9.42. The van der Waals surface area contributed by atoms with Gasteiger partial charge in [-0.1, -0.05) is 46.3 Å². The molecule has 4 nitrogen and oxygen atoms in total. The van der Waals surface area contributed by atoms with E-state index >= 15 is 0 Å². The van der Waals surface area contributed by atoms with Crippen LogP contribution in [0.5, 0.6) is 0 Å². The van der Waals surface area contributed by atoms with Gasteiger partial charge in [-0.05, 0) is 55.2 Å². The minimum absolute atomic E-state index is 0.0654. The first-order valence-electron chi connectivity index (χ1n) is 8.63. The maximum Gasteiger partial charge on any atom is 0.242 e. The van der Waals surface area contributed by atoms with Crippen molar-refractivity contribution in [2.75, 3.05) is 7.05 Å². The van der Waals surface area contributed by atoms with Gasteiger partial charge in [-0.15, -0.1) is 0 Å². The number of carbonyl (C=O) groups excluding carboxylic acids is 2. The zero-order valence-electron chi connectivity index (χ0n) is 15.7. The zero-order valence-corrected chi connectivity index (χ0v) is 17.3. The van der Waals surface area contributed by atoms with E-state index in [4.69, 9.17) is 0 Å². The quantitative estimate of drug-likeness (QED) is 0.778. The van der Waals surface area contributed by atoms with Crippen molar-refractivity contribution in [3.8, 4) is 0 Å². The summed E-state index contributed by atoms with van der Waals surface area (Å²) in [5, 5.41) is 2.64. The molecule has 0 aliphatic heterocycles. The predicted molar refractivity (Wildman–Crippen MR) is 108 cm³/mol. The van der Waals surface area contributed by atoms with E-state index < -0.39 is 6.04 Å². The van der Waals surface area contributed by atoms with Crippen LogP contribution in [-0.4, -0.2) is 29.8 Å². The summed E-state index contributed by atoms with van der Waals surface area (Å²) in [7, 11) is 1.59. The lowest BCUT2D eigenvalue weighted by Crippen LogP contribution is -2.47. The Balaban J connectivity index is 2.25. The van der Waals surface area contributed by atoms with Crippen molar-refractivity contribution < 1.29 is 9.59 Å². The van der Waals surface area contributed by atoms with Crippen molar-refractivity contribution in [1.82, 2.24) is 10.2 Å². The van der Waals surface area contributed by atoms with Crippen LogP contribution in [0.3, 0.4) is 0 Å². The number of likely N-dealkylation sites (N-methyl/N-ethyl adjacent to an activating group) is 1. The molecule has 1 N–H and O–H groups in total. The molecule has 0 radical (unpaired) electrons. The zero-order chi connectivity index (χ0) is 19.3. The van der Waals surface area contributed by atoms with E-state index in [0.29, 0.717) is 6.54 Å². The number of amides is 2. The SMILES string of the molecule is CNC(=O)[C@H](C)N(Cc1cccc(Br)c1)C(=O)Cc1ccc(C)c(C)c1. The van der Waals surface area contributed by atoms with Crippen molar-refractivity contribution in [3.05, 3.63) is 69.2 Å². The van der Waals surface area contributed by atoms with Crippen LogP contribution in [0, 0.1) is 13.8 Å². The fourth-order valence-electron chi connectivity index (χ4n) is 2.81. The molecule has 2 amide bonds. The van der Waals surface area contributed by atoms with Crippen molar-refractivity contribution >= 4 is 27.7 Å². The second kappa shape index (κ2) is 8.99. The lowest BCUT2D eigenvalue weighted by molar-refractivity contribution is -0.139. The molecule has 0 aliphatic carbocycles. The molecule has 2 aromatic rings. The topological polar surface area (TPSA) is 49.4 Å². The van der Waals surface area contributed by atoms with Crippen LogP contribution < -0.4 is 5.32 Å². The maximum atomic E-state index is 13.0. The van der Waals surface area contributed by atoms with Crippen LogP contribution in [0.25, 0.3) is 0 Å². The maximum absolute atomic E-state index is 13.0. The summed E-state index contributed by atoms with van der Waals surface area (Å²) in [6.45, 7) is 6.23. The minimum atomic E-state index is -0.543. The number of carbonyl (C=O) groups is 2. The standard InChI is InChI=1S/C21H25BrN2O2/c1-14-8-9-17(10-15(14)2)12-20(25)24(16(3)21(26)23-4)13-18-6-5-7-19(22)11-18/h5-11,16H,12-13H2,1-4H3,(H,23,26)/t16-/m0/s1. The third kappa shape index (κ3) is 5.18. The van der Waals surface area contributed by atoms with Gasteiger partial charge in [0.05, 0.1) is 6.42 Å². The molecule has 0 fully saturated rings. The lowest BCUT2D eigenvalue weighted by atomic mass is 10.0. The molecule has 0 spiro atoms. The Morgan fingerprint density at radius 3 is 2.42 bits per heavy atom. The molecule has 0 aromatic heterocycles. The Labute approximate surface area is 163 Å². The Kier molecular flexibility index (Phi) is 6.98. The number of halogens is 1. The molecule has 0 saturated carbocycles. The van der Waals surface area contributed by atoms with Crippen LogP contribution in [0.4, 0.5) is 0 Å². The van der Waals surface area contributed by atoms with Crippen molar-refractivity contribution in [2.45, 2.75) is 39.8 Å². The van der Waals surface area contributed by atoms with Gasteiger partial charge >= 0.3 is 0 Å². The molecule has 2 rings (SSSR count). The van der Waals surface area contributed by atoms with Gasteiger partial charge in [0.15, 0.2) is 0 Å². The van der Waals surface area contributed by atoms with E-state index in [0.717, 1.165) is 21.2 Å². The van der Waals surface area contributed by atoms with E-state index in [2.05, 4.69) is 21.2 Å². The highest BCUT2D eigenvalue weighted by Crippen LogP contribution is 2.17. The number of rotatable bonds is 6. The van der Waals surface area contributed by atoms with Crippen LogP contribution in [0.15, 0.2) is 46.9 Å². The normalized spacial score (nSPS) is 11.7. The van der Waals surface area contributed by atoms with Crippen molar-refractivity contribution in [2.24, 2.45) is 0 Å². The van der Waals surface area contributed by atoms with Gasteiger partial charge in [0.2, 0.25) is 11.8 Å². The van der Waals surface area contributed by atoms with E-state index in [-0.39, 0.29) is 18.2 Å². The second-order valence-corrected chi connectivity index (χ2v) is 7.45. The van der Waals surface area contributed by atoms with E-state index in [1.807, 2.05) is 56.3 Å². The summed E-state index contributed by atoms with van der Waals surface area (Å²) in [5.41, 5.74) is 4.30. The number of nitrogens with one attached hydrogen (secondary N) is 1. The van der Waals surface area contributed by atoms with Crippen LogP contribution in [-0.2, 0) is 22.6 Å². The van der Waals surface area contributed by atoms with E-state index in [1.54, 1.807) is 18.9 Å². The fraction of sp³-hybridized carbons (Fsp3) is 0.333. The minimum Gasteiger partial charge on any atom is -0.357 e. The smallest absolute Gasteiger partial charge is 0.242 e. The highest BCUT2D eigenvalue weighted by atomic mass is 79.9. The van der Waals surface area contributed by atoms with Crippen LogP contribution in [0.2, 0.25) is 0 Å². The molecule has 2 aromatic carbocycles. The Bertz CT molecular complexity index is 804. The van der Waals surface area contributed by atoms with Gasteiger partial charge in [-0.3, -0.25) is 9.59 Å². The largest absolute Gasteiger partial charge is 0.357 e. The summed E-state index contributed by atoms with van der Waals surface area (Å²) < 4.78 is 0.948. The van der Waals surface area contributed by atoms with Crippen molar-refractivity contribution in [3.63, 3.8) is 0 Å². The molecule has 0 aliphatic rings. The summed E-state index contributed by atoms with van der Waals surface area (Å²) >= 11 is 3.45. The van der Waals surface area contributed by atoms with Gasteiger partial charge in [-0.25, -0.2) is 0 Å². The molecule has 0 saturated heterocycles. The molecule has 5 heteroatoms. The molecule has 138 valence electrons. The number of benzene rings is 2. The number of hydrogen-bond donors (Lipinski definition) is 1. The van der Waals surface area contributed by atoms with E-state index in [1.165, 1.54) is 5.56 Å². The molecular weight excluding hydrogens is 392 g/mol. The van der Waals surface area contributed by atoms with E-state index in [9.17, 15) is 9.59 Å². The Hall–Kier alpha value is -2.14. The molecule has 1 atom stereocenters. The number of aryl methyl sites for hydroxylation is 2. The highest BCUT2D eigenvalue weighted by molar-refractivity contribution is 9.10. The molecular formula is C21H25BrN2O2. The third-order valence-electron chi connectivity index (χ3n) is 4.58. The summed E-state index contributed by atoms with van der Waals surface area (Å²) in [6, 6.07) is 13.3. The summed E-state index contributed by atoms with van der Waals surface area (Å²) in [6.07, 6.45) is 0.274. The molecule has 0 heterocycles. The molecule has 0 unspecified atom stereocenters. The van der Waals surface area contributed by atoms with Gasteiger partial charge in [0, 0.05) is 18.1 Å². The van der Waals surface area contributed by atoms with Gasteiger partial charge in [-0.2, -0.15) is 0 Å². The fourth-order valence-corrected chi connectivity index (χ4v) is 3.26. The third-order valence-corrected chi connectivity index (χ3v) is 5.08. The average Bonchev–Trinajstić information content (AvgIpc) is 2.61. The van der Waals surface area contributed by atoms with Gasteiger partial charge < -0.3 is 10.2 Å². The molecule has 0 bridgehead atoms. The number of hydrogen-bond acceptors (Lipinski definition) is 2. The average molecular weight is 417 g/mol. The monoisotopic (exact) mass is 416 g/mol. The summed E-state index contributed by atoms with van der Waals surface area (Å²) in [4.78, 5) is 26.8.